The highest BCUT2D eigenvalue weighted by molar-refractivity contribution is 14.0. The zero-order chi connectivity index (χ0) is 18.9. The summed E-state index contributed by atoms with van der Waals surface area (Å²) in [6, 6.07) is 10.3. The lowest BCUT2D eigenvalue weighted by atomic mass is 10.2. The molecule has 154 valence electrons. The van der Waals surface area contributed by atoms with E-state index in [1.165, 1.54) is 0 Å². The highest BCUT2D eigenvalue weighted by Gasteiger charge is 2.17. The highest BCUT2D eigenvalue weighted by Crippen LogP contribution is 2.18. The van der Waals surface area contributed by atoms with Crippen LogP contribution in [0.5, 0.6) is 0 Å². The number of halogens is 1. The van der Waals surface area contributed by atoms with Crippen molar-refractivity contribution < 1.29 is 9.15 Å². The average molecular weight is 499 g/mol. The lowest BCUT2D eigenvalue weighted by Crippen LogP contribution is -2.49. The second kappa shape index (κ2) is 12.0. The molecule has 2 N–H and O–H groups in total. The van der Waals surface area contributed by atoms with Crippen molar-refractivity contribution in [2.45, 2.75) is 26.4 Å². The molecule has 0 amide bonds. The maximum absolute atomic E-state index is 5.58. The highest BCUT2D eigenvalue weighted by atomic mass is 127. The van der Waals surface area contributed by atoms with Crippen molar-refractivity contribution >= 4 is 29.9 Å². The van der Waals surface area contributed by atoms with Gasteiger partial charge in [-0.25, -0.2) is 9.98 Å². The van der Waals surface area contributed by atoms with E-state index in [9.17, 15) is 0 Å². The van der Waals surface area contributed by atoms with E-state index in [0.29, 0.717) is 18.5 Å². The van der Waals surface area contributed by atoms with Gasteiger partial charge in [0.05, 0.1) is 19.8 Å². The van der Waals surface area contributed by atoms with Crippen LogP contribution in [0.25, 0.3) is 11.5 Å². The second-order valence-corrected chi connectivity index (χ2v) is 6.58. The third kappa shape index (κ3) is 6.75. The van der Waals surface area contributed by atoms with E-state index in [-0.39, 0.29) is 24.0 Å². The Hall–Kier alpha value is -1.65. The number of rotatable bonds is 7. The van der Waals surface area contributed by atoms with Crippen LogP contribution in [0.3, 0.4) is 0 Å². The van der Waals surface area contributed by atoms with Crippen LogP contribution in [0.2, 0.25) is 0 Å². The third-order valence-electron chi connectivity index (χ3n) is 4.55. The fourth-order valence-electron chi connectivity index (χ4n) is 2.99. The average Bonchev–Trinajstić information content (AvgIpc) is 3.20. The first-order chi connectivity index (χ1) is 13.3. The number of hydrogen-bond acceptors (Lipinski definition) is 5. The van der Waals surface area contributed by atoms with Crippen molar-refractivity contribution in [3.8, 4) is 11.5 Å². The van der Waals surface area contributed by atoms with E-state index < -0.39 is 0 Å². The van der Waals surface area contributed by atoms with E-state index in [1.807, 2.05) is 30.3 Å². The van der Waals surface area contributed by atoms with Crippen LogP contribution in [-0.4, -0.2) is 61.3 Å². The van der Waals surface area contributed by atoms with E-state index in [1.54, 1.807) is 6.26 Å². The van der Waals surface area contributed by atoms with Gasteiger partial charge in [-0.3, -0.25) is 4.90 Å². The Bertz CT molecular complexity index is 716. The zero-order valence-electron chi connectivity index (χ0n) is 16.6. The molecule has 7 nitrogen and oxygen atoms in total. The van der Waals surface area contributed by atoms with Crippen molar-refractivity contribution in [2.75, 3.05) is 39.4 Å². The maximum Gasteiger partial charge on any atom is 0.226 e. The zero-order valence-corrected chi connectivity index (χ0v) is 18.9. The number of hydrogen-bond donors (Lipinski definition) is 2. The summed E-state index contributed by atoms with van der Waals surface area (Å²) in [5, 5.41) is 6.71. The number of nitrogens with zero attached hydrogens (tertiary/aromatic N) is 3. The van der Waals surface area contributed by atoms with Gasteiger partial charge in [-0.2, -0.15) is 0 Å². The van der Waals surface area contributed by atoms with Gasteiger partial charge in [0.25, 0.3) is 0 Å². The van der Waals surface area contributed by atoms with Gasteiger partial charge in [0.1, 0.15) is 12.0 Å². The van der Waals surface area contributed by atoms with Crippen molar-refractivity contribution in [3.63, 3.8) is 0 Å². The fraction of sp³-hybridized carbons (Fsp3) is 0.500. The van der Waals surface area contributed by atoms with Gasteiger partial charge >= 0.3 is 0 Å². The number of aromatic nitrogens is 1. The topological polar surface area (TPSA) is 74.9 Å². The lowest BCUT2D eigenvalue weighted by Gasteiger charge is -2.32. The SMILES string of the molecule is CCNC(=NCc1coc(-c2ccccc2)n1)NCC(C)N1CCOCC1.I. The molecule has 1 aliphatic heterocycles. The summed E-state index contributed by atoms with van der Waals surface area (Å²) < 4.78 is 11.0. The monoisotopic (exact) mass is 499 g/mol. The molecule has 8 heteroatoms. The van der Waals surface area contributed by atoms with Gasteiger partial charge in [0, 0.05) is 37.8 Å². The predicted molar refractivity (Wildman–Crippen MR) is 122 cm³/mol. The molecule has 0 aliphatic carbocycles. The minimum Gasteiger partial charge on any atom is -0.444 e. The Kier molecular flexibility index (Phi) is 9.72. The number of benzene rings is 1. The Labute approximate surface area is 184 Å². The number of guanidine groups is 1. The van der Waals surface area contributed by atoms with E-state index in [4.69, 9.17) is 9.15 Å². The number of oxazole rings is 1. The lowest BCUT2D eigenvalue weighted by molar-refractivity contribution is 0.0211. The number of ether oxygens (including phenoxy) is 1. The Morgan fingerprint density at radius 1 is 1.21 bits per heavy atom. The first kappa shape index (κ1) is 22.6. The van der Waals surface area contributed by atoms with E-state index in [2.05, 4.69) is 39.4 Å². The largest absolute Gasteiger partial charge is 0.444 e. The Morgan fingerprint density at radius 2 is 1.96 bits per heavy atom. The van der Waals surface area contributed by atoms with Crippen molar-refractivity contribution in [1.82, 2.24) is 20.5 Å². The molecule has 1 aliphatic rings. The molecule has 1 unspecified atom stereocenters. The van der Waals surface area contributed by atoms with Gasteiger partial charge in [-0.1, -0.05) is 18.2 Å². The first-order valence-electron chi connectivity index (χ1n) is 9.60. The molecule has 1 saturated heterocycles. The summed E-state index contributed by atoms with van der Waals surface area (Å²) in [4.78, 5) is 11.6. The van der Waals surface area contributed by atoms with Gasteiger partial charge in [-0.05, 0) is 26.0 Å². The van der Waals surface area contributed by atoms with Gasteiger partial charge in [0.2, 0.25) is 5.89 Å². The summed E-state index contributed by atoms with van der Waals surface area (Å²) >= 11 is 0. The minimum absolute atomic E-state index is 0. The van der Waals surface area contributed by atoms with Crippen LogP contribution in [0.1, 0.15) is 19.5 Å². The van der Waals surface area contributed by atoms with Gasteiger partial charge < -0.3 is 19.8 Å². The number of aliphatic imine (C=N–C) groups is 1. The predicted octanol–water partition coefficient (Wildman–Crippen LogP) is 2.74. The van der Waals surface area contributed by atoms with Crippen LogP contribution < -0.4 is 10.6 Å². The van der Waals surface area contributed by atoms with Gasteiger partial charge in [0.15, 0.2) is 5.96 Å². The third-order valence-corrected chi connectivity index (χ3v) is 4.55. The van der Waals surface area contributed by atoms with Crippen LogP contribution >= 0.6 is 24.0 Å². The molecular formula is C20H30IN5O2. The van der Waals surface area contributed by atoms with Crippen molar-refractivity contribution in [3.05, 3.63) is 42.3 Å². The second-order valence-electron chi connectivity index (χ2n) is 6.58. The van der Waals surface area contributed by atoms with Crippen molar-refractivity contribution in [2.24, 2.45) is 4.99 Å². The Morgan fingerprint density at radius 3 is 2.68 bits per heavy atom. The van der Waals surface area contributed by atoms with Crippen molar-refractivity contribution in [1.29, 1.82) is 0 Å². The van der Waals surface area contributed by atoms with Crippen LogP contribution in [0.4, 0.5) is 0 Å². The van der Waals surface area contributed by atoms with Crippen LogP contribution in [-0.2, 0) is 11.3 Å². The molecule has 28 heavy (non-hydrogen) atoms. The molecule has 0 spiro atoms. The van der Waals surface area contributed by atoms with Crippen LogP contribution in [0, 0.1) is 0 Å². The fourth-order valence-corrected chi connectivity index (χ4v) is 2.99. The molecule has 3 rings (SSSR count). The molecular weight excluding hydrogens is 469 g/mol. The molecule has 2 aromatic rings. The standard InChI is InChI=1S/C20H29N5O2.HI/c1-3-21-20(22-13-16(2)25-9-11-26-12-10-25)23-14-18-15-27-19(24-18)17-7-5-4-6-8-17;/h4-8,15-16H,3,9-14H2,1-2H3,(H2,21,22,23);1H. The normalized spacial score (nSPS) is 16.3. The van der Waals surface area contributed by atoms with Crippen LogP contribution in [0.15, 0.2) is 46.0 Å². The minimum atomic E-state index is 0. The van der Waals surface area contributed by atoms with E-state index in [0.717, 1.165) is 56.6 Å². The molecule has 1 aromatic heterocycles. The molecule has 0 radical (unpaired) electrons. The molecule has 1 atom stereocenters. The molecule has 1 fully saturated rings. The quantitative estimate of drug-likeness (QED) is 0.347. The van der Waals surface area contributed by atoms with Gasteiger partial charge in [-0.15, -0.1) is 24.0 Å². The summed E-state index contributed by atoms with van der Waals surface area (Å²) in [6.45, 7) is 10.00. The Balaban J connectivity index is 0.00000280. The molecule has 0 saturated carbocycles. The first-order valence-corrected chi connectivity index (χ1v) is 9.60. The summed E-state index contributed by atoms with van der Waals surface area (Å²) in [5.41, 5.74) is 1.78. The molecule has 1 aromatic carbocycles. The smallest absolute Gasteiger partial charge is 0.226 e. The molecule has 2 heterocycles. The maximum atomic E-state index is 5.58. The molecule has 0 bridgehead atoms. The van der Waals surface area contributed by atoms with E-state index >= 15 is 0 Å². The summed E-state index contributed by atoms with van der Waals surface area (Å²) in [6.07, 6.45) is 1.67. The summed E-state index contributed by atoms with van der Waals surface area (Å²) in [5.74, 6) is 1.42. The number of nitrogens with one attached hydrogen (secondary N) is 2. The summed E-state index contributed by atoms with van der Waals surface area (Å²) in [7, 11) is 0. The number of morpholine rings is 1.